The highest BCUT2D eigenvalue weighted by atomic mass is 16.3. The third-order valence-electron chi connectivity index (χ3n) is 1.88. The Hall–Kier alpha value is -1.60. The summed E-state index contributed by atoms with van der Waals surface area (Å²) in [4.78, 5) is 0. The quantitative estimate of drug-likeness (QED) is 0.766. The Morgan fingerprint density at radius 3 is 1.19 bits per heavy atom. The fraction of sp³-hybridized carbons (Fsp3) is 0.200. The van der Waals surface area contributed by atoms with Crippen molar-refractivity contribution in [1.29, 1.82) is 0 Å². The maximum atomic E-state index is 8.06. The summed E-state index contributed by atoms with van der Waals surface area (Å²) in [7, 11) is 0. The molecule has 84 valence electrons. The molecule has 0 aliphatic heterocycles. The summed E-state index contributed by atoms with van der Waals surface area (Å²) in [5.74, 6) is 0. The van der Waals surface area contributed by atoms with Crippen molar-refractivity contribution in [3.8, 4) is 11.1 Å². The average Bonchev–Trinajstić information content (AvgIpc) is 2.31. The van der Waals surface area contributed by atoms with Gasteiger partial charge in [-0.3, -0.25) is 0 Å². The van der Waals surface area contributed by atoms with Crippen molar-refractivity contribution in [2.24, 2.45) is 0 Å². The lowest BCUT2D eigenvalue weighted by Gasteiger charge is -1.98. The van der Waals surface area contributed by atoms with Crippen molar-refractivity contribution < 1.29 is 5.11 Å². The van der Waals surface area contributed by atoms with E-state index in [4.69, 9.17) is 5.11 Å². The molecule has 0 atom stereocenters. The Bertz CT molecular complexity index is 338. The maximum Gasteiger partial charge on any atom is 0.0483 e. The molecule has 2 rings (SSSR count). The monoisotopic (exact) mass is 214 g/mol. The van der Waals surface area contributed by atoms with Crippen LogP contribution >= 0.6 is 0 Å². The molecule has 0 amide bonds. The second kappa shape index (κ2) is 6.81. The van der Waals surface area contributed by atoms with Crippen LogP contribution < -0.4 is 0 Å². The Labute approximate surface area is 97.4 Å². The first-order chi connectivity index (χ1) is 7.70. The summed E-state index contributed by atoms with van der Waals surface area (Å²) < 4.78 is 0. The largest absolute Gasteiger partial charge is 0.394 e. The minimum Gasteiger partial charge on any atom is -0.394 e. The predicted molar refractivity (Wildman–Crippen MR) is 69.2 cm³/mol. The van der Waals surface area contributed by atoms with Gasteiger partial charge in [0.05, 0.1) is 0 Å². The van der Waals surface area contributed by atoms with Crippen LogP contribution in [-0.2, 0) is 0 Å². The van der Waals surface area contributed by atoms with E-state index in [-0.39, 0.29) is 6.10 Å². The van der Waals surface area contributed by atoms with Gasteiger partial charge in [-0.25, -0.2) is 0 Å². The lowest BCUT2D eigenvalue weighted by atomic mass is 10.1. The van der Waals surface area contributed by atoms with Crippen LogP contribution in [0.25, 0.3) is 11.1 Å². The van der Waals surface area contributed by atoms with Gasteiger partial charge >= 0.3 is 0 Å². The molecule has 0 aromatic heterocycles. The van der Waals surface area contributed by atoms with E-state index in [0.717, 1.165) is 0 Å². The van der Waals surface area contributed by atoms with Crippen LogP contribution in [0.4, 0.5) is 0 Å². The summed E-state index contributed by atoms with van der Waals surface area (Å²) in [5.41, 5.74) is 2.55. The van der Waals surface area contributed by atoms with E-state index in [1.165, 1.54) is 11.1 Å². The molecule has 0 saturated heterocycles. The number of aliphatic hydroxyl groups excluding tert-OH is 1. The van der Waals surface area contributed by atoms with Crippen molar-refractivity contribution in [2.45, 2.75) is 20.0 Å². The van der Waals surface area contributed by atoms with Gasteiger partial charge < -0.3 is 5.11 Å². The zero-order chi connectivity index (χ0) is 11.8. The van der Waals surface area contributed by atoms with Crippen LogP contribution in [-0.4, -0.2) is 11.2 Å². The van der Waals surface area contributed by atoms with Crippen molar-refractivity contribution >= 4 is 0 Å². The predicted octanol–water partition coefficient (Wildman–Crippen LogP) is 3.74. The standard InChI is InChI=1S/C12H10.C3H8O/c1-3-7-11(8-4-1)12-9-5-2-6-10-12;1-3(2)4/h1-10H;3-4H,1-2H3. The lowest BCUT2D eigenvalue weighted by molar-refractivity contribution is 0.216. The zero-order valence-electron chi connectivity index (χ0n) is 9.80. The fourth-order valence-corrected chi connectivity index (χ4v) is 1.26. The molecule has 0 aliphatic rings. The molecule has 0 unspecified atom stereocenters. The van der Waals surface area contributed by atoms with E-state index in [0.29, 0.717) is 0 Å². The van der Waals surface area contributed by atoms with Gasteiger partial charge in [-0.05, 0) is 25.0 Å². The Kier molecular flexibility index (Phi) is 5.30. The Balaban J connectivity index is 0.000000280. The molecule has 2 aromatic carbocycles. The summed E-state index contributed by atoms with van der Waals surface area (Å²) in [6.07, 6.45) is -0.167. The first kappa shape index (κ1) is 12.5. The lowest BCUT2D eigenvalue weighted by Crippen LogP contribution is -1.85. The zero-order valence-corrected chi connectivity index (χ0v) is 9.80. The van der Waals surface area contributed by atoms with Crippen molar-refractivity contribution in [3.63, 3.8) is 0 Å². The van der Waals surface area contributed by atoms with Crippen molar-refractivity contribution in [1.82, 2.24) is 0 Å². The molecule has 1 N–H and O–H groups in total. The highest BCUT2D eigenvalue weighted by Crippen LogP contribution is 2.17. The molecule has 2 aromatic rings. The molecule has 0 fully saturated rings. The SMILES string of the molecule is CC(C)O.c1ccc(-c2ccccc2)cc1. The van der Waals surface area contributed by atoms with Crippen LogP contribution in [0.5, 0.6) is 0 Å². The smallest absolute Gasteiger partial charge is 0.0483 e. The van der Waals surface area contributed by atoms with Crippen LogP contribution in [0, 0.1) is 0 Å². The maximum absolute atomic E-state index is 8.06. The van der Waals surface area contributed by atoms with Crippen molar-refractivity contribution in [3.05, 3.63) is 60.7 Å². The number of rotatable bonds is 1. The molecule has 0 aliphatic carbocycles. The molecule has 0 bridgehead atoms. The van der Waals surface area contributed by atoms with Crippen LogP contribution in [0.2, 0.25) is 0 Å². The number of hydrogen-bond donors (Lipinski definition) is 1. The van der Waals surface area contributed by atoms with Gasteiger partial charge in [0.2, 0.25) is 0 Å². The fourth-order valence-electron chi connectivity index (χ4n) is 1.26. The molecule has 16 heavy (non-hydrogen) atoms. The second-order valence-electron chi connectivity index (χ2n) is 3.83. The molecule has 0 radical (unpaired) electrons. The first-order valence-electron chi connectivity index (χ1n) is 5.48. The van der Waals surface area contributed by atoms with Crippen LogP contribution in [0.3, 0.4) is 0 Å². The topological polar surface area (TPSA) is 20.2 Å². The molecule has 0 saturated carbocycles. The van der Waals surface area contributed by atoms with E-state index in [1.807, 2.05) is 12.1 Å². The molecular formula is C15H18O. The third-order valence-corrected chi connectivity index (χ3v) is 1.88. The van der Waals surface area contributed by atoms with E-state index in [1.54, 1.807) is 13.8 Å². The molecule has 0 spiro atoms. The first-order valence-corrected chi connectivity index (χ1v) is 5.48. The summed E-state index contributed by atoms with van der Waals surface area (Å²) >= 11 is 0. The van der Waals surface area contributed by atoms with Gasteiger partial charge in [0.15, 0.2) is 0 Å². The normalized spacial score (nSPS) is 9.50. The number of aliphatic hydroxyl groups is 1. The Morgan fingerprint density at radius 1 is 0.688 bits per heavy atom. The summed E-state index contributed by atoms with van der Waals surface area (Å²) in [6.45, 7) is 3.44. The van der Waals surface area contributed by atoms with E-state index in [9.17, 15) is 0 Å². The highest BCUT2D eigenvalue weighted by Gasteiger charge is 1.91. The van der Waals surface area contributed by atoms with Crippen molar-refractivity contribution in [2.75, 3.05) is 0 Å². The molecular weight excluding hydrogens is 196 g/mol. The second-order valence-corrected chi connectivity index (χ2v) is 3.83. The van der Waals surface area contributed by atoms with Gasteiger partial charge in [0.1, 0.15) is 0 Å². The van der Waals surface area contributed by atoms with Crippen LogP contribution in [0.1, 0.15) is 13.8 Å². The average molecular weight is 214 g/mol. The van der Waals surface area contributed by atoms with Gasteiger partial charge in [0.25, 0.3) is 0 Å². The minimum atomic E-state index is -0.167. The highest BCUT2D eigenvalue weighted by molar-refractivity contribution is 5.62. The van der Waals surface area contributed by atoms with Crippen LogP contribution in [0.15, 0.2) is 60.7 Å². The summed E-state index contributed by atoms with van der Waals surface area (Å²) in [6, 6.07) is 20.8. The van der Waals surface area contributed by atoms with Gasteiger partial charge in [-0.15, -0.1) is 0 Å². The number of benzene rings is 2. The van der Waals surface area contributed by atoms with E-state index in [2.05, 4.69) is 48.5 Å². The van der Waals surface area contributed by atoms with Gasteiger partial charge in [-0.2, -0.15) is 0 Å². The molecule has 0 heterocycles. The number of hydrogen-bond acceptors (Lipinski definition) is 1. The van der Waals surface area contributed by atoms with E-state index < -0.39 is 0 Å². The molecule has 1 heteroatoms. The minimum absolute atomic E-state index is 0.167. The van der Waals surface area contributed by atoms with Gasteiger partial charge in [-0.1, -0.05) is 60.7 Å². The molecule has 1 nitrogen and oxygen atoms in total. The summed E-state index contributed by atoms with van der Waals surface area (Å²) in [5, 5.41) is 8.06. The van der Waals surface area contributed by atoms with E-state index >= 15 is 0 Å². The third kappa shape index (κ3) is 4.76. The van der Waals surface area contributed by atoms with Gasteiger partial charge in [0, 0.05) is 6.10 Å². The Morgan fingerprint density at radius 2 is 0.938 bits per heavy atom.